The summed E-state index contributed by atoms with van der Waals surface area (Å²) in [5.41, 5.74) is 3.99. The molecule has 1 aliphatic carbocycles. The Bertz CT molecular complexity index is 544. The van der Waals surface area contributed by atoms with Gasteiger partial charge in [-0.15, -0.1) is 0 Å². The fraction of sp³-hybridized carbons (Fsp3) is 0.500. The number of nitro groups is 1. The molecule has 2 N–H and O–H groups in total. The summed E-state index contributed by atoms with van der Waals surface area (Å²) >= 11 is 0. The van der Waals surface area contributed by atoms with Crippen LogP contribution in [-0.2, 0) is 9.53 Å². The molecule has 8 nitrogen and oxygen atoms in total. The monoisotopic (exact) mass is 282 g/mol. The number of hydrogen-bond acceptors (Lipinski definition) is 6. The van der Waals surface area contributed by atoms with Crippen molar-refractivity contribution in [1.29, 1.82) is 0 Å². The van der Waals surface area contributed by atoms with E-state index in [1.54, 1.807) is 0 Å². The quantitative estimate of drug-likeness (QED) is 0.507. The first kappa shape index (κ1) is 14.0. The van der Waals surface area contributed by atoms with E-state index in [2.05, 4.69) is 0 Å². The molecule has 0 unspecified atom stereocenters. The highest BCUT2D eigenvalue weighted by atomic mass is 16.7. The van der Waals surface area contributed by atoms with Gasteiger partial charge in [0.2, 0.25) is 5.76 Å². The smallest absolute Gasteiger partial charge is 0.433 e. The van der Waals surface area contributed by atoms with E-state index >= 15 is 0 Å². The third-order valence-electron chi connectivity index (χ3n) is 3.37. The van der Waals surface area contributed by atoms with Gasteiger partial charge in [-0.1, -0.05) is 6.42 Å². The Labute approximate surface area is 114 Å². The number of furan rings is 1. The van der Waals surface area contributed by atoms with Crippen molar-refractivity contribution in [3.63, 3.8) is 0 Å². The first-order valence-corrected chi connectivity index (χ1v) is 6.22. The zero-order chi connectivity index (χ0) is 14.8. The molecule has 2 rings (SSSR count). The van der Waals surface area contributed by atoms with Crippen molar-refractivity contribution in [2.24, 2.45) is 5.73 Å². The largest absolute Gasteiger partial charge is 0.443 e. The molecule has 0 aliphatic heterocycles. The van der Waals surface area contributed by atoms with Gasteiger partial charge in [-0.05, 0) is 31.7 Å². The number of rotatable bonds is 4. The molecule has 0 atom stereocenters. The first-order valence-electron chi connectivity index (χ1n) is 6.22. The molecule has 8 heteroatoms. The number of nitrogens with two attached hydrogens (primary N) is 1. The van der Waals surface area contributed by atoms with Gasteiger partial charge in [-0.3, -0.25) is 14.9 Å². The molecule has 1 aromatic heterocycles. The predicted molar refractivity (Wildman–Crippen MR) is 65.8 cm³/mol. The van der Waals surface area contributed by atoms with Crippen LogP contribution in [0.1, 0.15) is 42.7 Å². The van der Waals surface area contributed by atoms with Crippen LogP contribution in [0, 0.1) is 10.1 Å². The average molecular weight is 282 g/mol. The van der Waals surface area contributed by atoms with Gasteiger partial charge in [0.1, 0.15) is 4.92 Å². The highest BCUT2D eigenvalue weighted by molar-refractivity contribution is 5.92. The van der Waals surface area contributed by atoms with E-state index in [1.165, 1.54) is 0 Å². The molecule has 1 aromatic rings. The van der Waals surface area contributed by atoms with Gasteiger partial charge in [0.15, 0.2) is 5.60 Å². The highest BCUT2D eigenvalue weighted by Gasteiger charge is 2.42. The third kappa shape index (κ3) is 2.63. The molecule has 20 heavy (non-hydrogen) atoms. The number of primary amides is 1. The number of esters is 1. The zero-order valence-corrected chi connectivity index (χ0v) is 10.7. The van der Waals surface area contributed by atoms with Crippen LogP contribution in [0.4, 0.5) is 5.88 Å². The number of carbonyl (C=O) groups excluding carboxylic acids is 2. The lowest BCUT2D eigenvalue weighted by Gasteiger charge is -2.33. The summed E-state index contributed by atoms with van der Waals surface area (Å²) in [5, 5.41) is 10.5. The molecular formula is C12H14N2O6. The fourth-order valence-electron chi connectivity index (χ4n) is 2.28. The number of ether oxygens (including phenoxy) is 1. The van der Waals surface area contributed by atoms with Crippen LogP contribution in [0.25, 0.3) is 0 Å². The molecule has 108 valence electrons. The van der Waals surface area contributed by atoms with E-state index in [0.29, 0.717) is 12.8 Å². The van der Waals surface area contributed by atoms with Crippen LogP contribution in [0.3, 0.4) is 0 Å². The van der Waals surface area contributed by atoms with Crippen LogP contribution in [-0.4, -0.2) is 22.4 Å². The number of carbonyl (C=O) groups is 2. The van der Waals surface area contributed by atoms with E-state index in [1.807, 2.05) is 0 Å². The van der Waals surface area contributed by atoms with Crippen LogP contribution < -0.4 is 5.73 Å². The molecule has 1 aliphatic rings. The summed E-state index contributed by atoms with van der Waals surface area (Å²) < 4.78 is 9.94. The summed E-state index contributed by atoms with van der Waals surface area (Å²) in [6, 6.07) is 2.19. The minimum absolute atomic E-state index is 0.317. The maximum Gasteiger partial charge on any atom is 0.433 e. The molecule has 0 aromatic carbocycles. The minimum Gasteiger partial charge on any atom is -0.443 e. The zero-order valence-electron chi connectivity index (χ0n) is 10.7. The van der Waals surface area contributed by atoms with E-state index in [-0.39, 0.29) is 5.76 Å². The van der Waals surface area contributed by atoms with Gasteiger partial charge in [-0.2, -0.15) is 0 Å². The molecule has 1 saturated carbocycles. The number of nitrogens with zero attached hydrogens (tertiary/aromatic N) is 1. The van der Waals surface area contributed by atoms with Gasteiger partial charge in [-0.25, -0.2) is 4.79 Å². The molecule has 1 amide bonds. The standard InChI is InChI=1S/C12H14N2O6/c13-11(16)12(6-2-1-3-7-12)20-10(15)8-4-5-9(19-8)14(17)18/h4-5H,1-3,6-7H2,(H2,13,16). The van der Waals surface area contributed by atoms with E-state index in [9.17, 15) is 19.7 Å². The molecule has 0 saturated heterocycles. The summed E-state index contributed by atoms with van der Waals surface area (Å²) in [6.45, 7) is 0. The van der Waals surface area contributed by atoms with Gasteiger partial charge < -0.3 is 14.9 Å². The van der Waals surface area contributed by atoms with Crippen molar-refractivity contribution in [3.05, 3.63) is 28.0 Å². The van der Waals surface area contributed by atoms with Crippen LogP contribution in [0.5, 0.6) is 0 Å². The molecule has 0 bridgehead atoms. The van der Waals surface area contributed by atoms with Crippen molar-refractivity contribution in [2.75, 3.05) is 0 Å². The first-order chi connectivity index (χ1) is 9.44. The Morgan fingerprint density at radius 3 is 2.45 bits per heavy atom. The fourth-order valence-corrected chi connectivity index (χ4v) is 2.28. The van der Waals surface area contributed by atoms with Gasteiger partial charge >= 0.3 is 11.9 Å². The lowest BCUT2D eigenvalue weighted by molar-refractivity contribution is -0.402. The van der Waals surface area contributed by atoms with Crippen LogP contribution in [0.15, 0.2) is 16.5 Å². The van der Waals surface area contributed by atoms with Gasteiger partial charge in [0, 0.05) is 0 Å². The molecule has 1 fully saturated rings. The van der Waals surface area contributed by atoms with Crippen molar-refractivity contribution in [3.8, 4) is 0 Å². The summed E-state index contributed by atoms with van der Waals surface area (Å²) in [4.78, 5) is 33.2. The average Bonchev–Trinajstić information content (AvgIpc) is 2.89. The van der Waals surface area contributed by atoms with E-state index in [0.717, 1.165) is 31.4 Å². The SMILES string of the molecule is NC(=O)C1(OC(=O)c2ccc([N+](=O)[O-])o2)CCCCC1. The molecular weight excluding hydrogens is 268 g/mol. The molecule has 0 radical (unpaired) electrons. The Morgan fingerprint density at radius 1 is 1.30 bits per heavy atom. The van der Waals surface area contributed by atoms with Crippen molar-refractivity contribution >= 4 is 17.8 Å². The predicted octanol–water partition coefficient (Wildman–Crippen LogP) is 1.53. The Balaban J connectivity index is 2.15. The van der Waals surface area contributed by atoms with E-state index < -0.39 is 28.3 Å². The van der Waals surface area contributed by atoms with Crippen molar-refractivity contribution in [2.45, 2.75) is 37.7 Å². The summed E-state index contributed by atoms with van der Waals surface area (Å²) in [6.07, 6.45) is 3.12. The lowest BCUT2D eigenvalue weighted by Crippen LogP contribution is -2.49. The van der Waals surface area contributed by atoms with E-state index in [4.69, 9.17) is 14.9 Å². The van der Waals surface area contributed by atoms with Crippen LogP contribution >= 0.6 is 0 Å². The summed E-state index contributed by atoms with van der Waals surface area (Å²) in [7, 11) is 0. The second kappa shape index (κ2) is 5.32. The maximum atomic E-state index is 11.9. The highest BCUT2D eigenvalue weighted by Crippen LogP contribution is 2.32. The van der Waals surface area contributed by atoms with Crippen molar-refractivity contribution in [1.82, 2.24) is 0 Å². The minimum atomic E-state index is -1.34. The molecule has 0 spiro atoms. The van der Waals surface area contributed by atoms with Gasteiger partial charge in [0.05, 0.1) is 6.07 Å². The normalized spacial score (nSPS) is 17.4. The Morgan fingerprint density at radius 2 is 1.95 bits per heavy atom. The Hall–Kier alpha value is -2.38. The molecule has 1 heterocycles. The number of hydrogen-bond donors (Lipinski definition) is 1. The van der Waals surface area contributed by atoms with Crippen LogP contribution in [0.2, 0.25) is 0 Å². The number of amides is 1. The van der Waals surface area contributed by atoms with Crippen molar-refractivity contribution < 1.29 is 23.7 Å². The topological polar surface area (TPSA) is 126 Å². The van der Waals surface area contributed by atoms with Gasteiger partial charge in [0.25, 0.3) is 5.91 Å². The Kier molecular flexibility index (Phi) is 3.73. The third-order valence-corrected chi connectivity index (χ3v) is 3.37. The maximum absolute atomic E-state index is 11.9. The summed E-state index contributed by atoms with van der Waals surface area (Å²) in [5.74, 6) is -2.50. The lowest BCUT2D eigenvalue weighted by atomic mass is 9.84. The second-order valence-electron chi connectivity index (χ2n) is 4.70. The second-order valence-corrected chi connectivity index (χ2v) is 4.70.